The van der Waals surface area contributed by atoms with Gasteiger partial charge in [0.25, 0.3) is 0 Å². The van der Waals surface area contributed by atoms with E-state index in [1.54, 1.807) is 0 Å². The third kappa shape index (κ3) is 20.4. The lowest BCUT2D eigenvalue weighted by Crippen LogP contribution is -2.49. The summed E-state index contributed by atoms with van der Waals surface area (Å²) in [6, 6.07) is -0.943. The van der Waals surface area contributed by atoms with Crippen LogP contribution in [0.1, 0.15) is 155 Å². The van der Waals surface area contributed by atoms with Crippen LogP contribution in [-0.4, -0.2) is 48.3 Å². The number of carbonyl (C=O) groups is 3. The third-order valence-electron chi connectivity index (χ3n) is 7.24. The van der Waals surface area contributed by atoms with Crippen molar-refractivity contribution >= 4 is 23.7 Å². The van der Waals surface area contributed by atoms with E-state index in [0.29, 0.717) is 13.0 Å². The number of hydrogen-bond donors (Lipinski definition) is 2. The quantitative estimate of drug-likeness (QED) is 0.0527. The maximum atomic E-state index is 13.3. The number of amides is 2. The minimum Gasteiger partial charge on any atom is -0.467 e. The molecule has 0 bridgehead atoms. The zero-order valence-electron chi connectivity index (χ0n) is 25.5. The Bertz CT molecular complexity index is 631. The second kappa shape index (κ2) is 26.1. The van der Waals surface area contributed by atoms with Gasteiger partial charge in [-0.1, -0.05) is 117 Å². The first kappa shape index (κ1) is 36.9. The smallest absolute Gasteiger partial charge is 0.329 e. The first-order chi connectivity index (χ1) is 18.9. The summed E-state index contributed by atoms with van der Waals surface area (Å²) in [7, 11) is 1.29. The number of unbranched alkanes of at least 4 members (excludes halogenated alkanes) is 16. The van der Waals surface area contributed by atoms with E-state index in [4.69, 9.17) is 16.2 Å². The molecule has 2 amide bonds. The molecule has 0 aromatic rings. The number of nitrogens with zero attached hydrogens (tertiary/aromatic N) is 2. The number of hydrogen-bond acceptors (Lipinski definition) is 5. The number of guanidine groups is 1. The molecule has 0 saturated heterocycles. The number of methoxy groups -OCH3 is 1. The van der Waals surface area contributed by atoms with Crippen molar-refractivity contribution in [2.45, 2.75) is 161 Å². The van der Waals surface area contributed by atoms with Crippen LogP contribution in [0.2, 0.25) is 0 Å². The van der Waals surface area contributed by atoms with Crippen molar-refractivity contribution in [1.29, 1.82) is 0 Å². The lowest BCUT2D eigenvalue weighted by atomic mass is 10.0. The number of aliphatic imine (C=N–C) groups is 1. The maximum absolute atomic E-state index is 13.3. The largest absolute Gasteiger partial charge is 0.467 e. The Morgan fingerprint density at radius 3 is 1.38 bits per heavy atom. The van der Waals surface area contributed by atoms with E-state index in [-0.39, 0.29) is 37.0 Å². The molecular formula is C31H60N4O4. The Morgan fingerprint density at radius 2 is 1.03 bits per heavy atom. The molecule has 0 aromatic heterocycles. The first-order valence-electron chi connectivity index (χ1n) is 15.9. The summed E-state index contributed by atoms with van der Waals surface area (Å²) in [5.74, 6) is -1.16. The molecular weight excluding hydrogens is 492 g/mol. The van der Waals surface area contributed by atoms with Crippen molar-refractivity contribution in [3.8, 4) is 0 Å². The van der Waals surface area contributed by atoms with E-state index in [1.807, 2.05) is 0 Å². The van der Waals surface area contributed by atoms with Gasteiger partial charge in [-0.15, -0.1) is 0 Å². The van der Waals surface area contributed by atoms with Crippen molar-refractivity contribution in [3.05, 3.63) is 0 Å². The van der Waals surface area contributed by atoms with Crippen molar-refractivity contribution in [1.82, 2.24) is 4.90 Å². The molecule has 4 N–H and O–H groups in total. The van der Waals surface area contributed by atoms with Crippen LogP contribution >= 0.6 is 0 Å². The van der Waals surface area contributed by atoms with Crippen molar-refractivity contribution in [2.75, 3.05) is 13.7 Å². The molecule has 0 rings (SSSR count). The van der Waals surface area contributed by atoms with E-state index in [1.165, 1.54) is 89.1 Å². The highest BCUT2D eigenvalue weighted by molar-refractivity contribution is 5.99. The van der Waals surface area contributed by atoms with Gasteiger partial charge in [-0.2, -0.15) is 0 Å². The topological polar surface area (TPSA) is 128 Å². The number of carbonyl (C=O) groups excluding carboxylic acids is 3. The fraction of sp³-hybridized carbons (Fsp3) is 0.871. The van der Waals surface area contributed by atoms with Gasteiger partial charge in [0.2, 0.25) is 11.8 Å². The molecule has 0 aromatic carbocycles. The molecule has 228 valence electrons. The molecule has 39 heavy (non-hydrogen) atoms. The predicted octanol–water partition coefficient (Wildman–Crippen LogP) is 6.78. The minimum absolute atomic E-state index is 0.0237. The van der Waals surface area contributed by atoms with Gasteiger partial charge in [-0.3, -0.25) is 19.5 Å². The Hall–Kier alpha value is -2.12. The molecule has 1 atom stereocenters. The molecule has 0 aliphatic heterocycles. The van der Waals surface area contributed by atoms with Gasteiger partial charge in [0.05, 0.1) is 7.11 Å². The molecule has 0 heterocycles. The van der Waals surface area contributed by atoms with Crippen LogP contribution in [0.3, 0.4) is 0 Å². The second-order valence-corrected chi connectivity index (χ2v) is 10.8. The van der Waals surface area contributed by atoms with Gasteiger partial charge in [0.1, 0.15) is 6.04 Å². The molecule has 8 nitrogen and oxygen atoms in total. The van der Waals surface area contributed by atoms with Gasteiger partial charge in [-0.05, 0) is 25.7 Å². The number of esters is 1. The molecule has 0 spiro atoms. The average Bonchev–Trinajstić information content (AvgIpc) is 2.92. The molecule has 0 saturated carbocycles. The summed E-state index contributed by atoms with van der Waals surface area (Å²) in [6.45, 7) is 4.76. The standard InChI is InChI=1S/C31H60N4O4/c1-4-6-8-10-12-14-16-18-20-24-28(36)35(27(30(38)39-3)23-22-26-34-31(32)33)29(37)25-21-19-17-15-13-11-9-7-5-2/h27H,4-26H2,1-3H3,(H4,32,33,34)/t27-/m0/s1. The maximum Gasteiger partial charge on any atom is 0.329 e. The molecule has 8 heteroatoms. The van der Waals surface area contributed by atoms with E-state index in [0.717, 1.165) is 38.5 Å². The Morgan fingerprint density at radius 1 is 0.641 bits per heavy atom. The highest BCUT2D eigenvalue weighted by Crippen LogP contribution is 2.18. The SMILES string of the molecule is CCCCCCCCCCCC(=O)N(C(=O)CCCCCCCCCCC)[C@@H](CCCN=C(N)N)C(=O)OC. The molecule has 0 aliphatic carbocycles. The van der Waals surface area contributed by atoms with E-state index >= 15 is 0 Å². The summed E-state index contributed by atoms with van der Waals surface area (Å²) < 4.78 is 5.00. The first-order valence-corrected chi connectivity index (χ1v) is 15.9. The fourth-order valence-corrected chi connectivity index (χ4v) is 4.88. The molecule has 0 aliphatic rings. The highest BCUT2D eigenvalue weighted by atomic mass is 16.5. The zero-order valence-corrected chi connectivity index (χ0v) is 25.5. The molecule has 0 radical (unpaired) electrons. The number of nitrogens with two attached hydrogens (primary N) is 2. The zero-order chi connectivity index (χ0) is 29.1. The van der Waals surface area contributed by atoms with Gasteiger partial charge >= 0.3 is 5.97 Å². The third-order valence-corrected chi connectivity index (χ3v) is 7.24. The Labute approximate surface area is 239 Å². The van der Waals surface area contributed by atoms with Crippen LogP contribution in [0, 0.1) is 0 Å². The predicted molar refractivity (Wildman–Crippen MR) is 161 cm³/mol. The minimum atomic E-state index is -0.943. The van der Waals surface area contributed by atoms with E-state index in [9.17, 15) is 14.4 Å². The van der Waals surface area contributed by atoms with Gasteiger partial charge in [-0.25, -0.2) is 4.79 Å². The number of rotatable bonds is 26. The van der Waals surface area contributed by atoms with Crippen LogP contribution in [0.15, 0.2) is 4.99 Å². The summed E-state index contributed by atoms with van der Waals surface area (Å²) in [6.07, 6.45) is 21.8. The summed E-state index contributed by atoms with van der Waals surface area (Å²) in [4.78, 5) is 44.4. The van der Waals surface area contributed by atoms with Crippen molar-refractivity contribution in [3.63, 3.8) is 0 Å². The average molecular weight is 553 g/mol. The Balaban J connectivity index is 4.92. The van der Waals surface area contributed by atoms with Crippen LogP contribution < -0.4 is 11.5 Å². The summed E-state index contributed by atoms with van der Waals surface area (Å²) in [5.41, 5.74) is 10.8. The summed E-state index contributed by atoms with van der Waals surface area (Å²) in [5, 5.41) is 0. The fourth-order valence-electron chi connectivity index (χ4n) is 4.88. The van der Waals surface area contributed by atoms with Crippen LogP contribution in [0.5, 0.6) is 0 Å². The van der Waals surface area contributed by atoms with E-state index in [2.05, 4.69) is 18.8 Å². The lowest BCUT2D eigenvalue weighted by molar-refractivity contribution is -0.160. The van der Waals surface area contributed by atoms with Gasteiger partial charge in [0, 0.05) is 19.4 Å². The lowest BCUT2D eigenvalue weighted by Gasteiger charge is -2.28. The number of ether oxygens (including phenoxy) is 1. The highest BCUT2D eigenvalue weighted by Gasteiger charge is 2.34. The van der Waals surface area contributed by atoms with Gasteiger partial charge < -0.3 is 16.2 Å². The van der Waals surface area contributed by atoms with Gasteiger partial charge in [0.15, 0.2) is 5.96 Å². The normalized spacial score (nSPS) is 11.7. The second-order valence-electron chi connectivity index (χ2n) is 10.8. The van der Waals surface area contributed by atoms with E-state index < -0.39 is 12.0 Å². The van der Waals surface area contributed by atoms with Crippen molar-refractivity contribution in [2.24, 2.45) is 16.5 Å². The Kier molecular flexibility index (Phi) is 24.7. The molecule has 0 unspecified atom stereocenters. The molecule has 0 fully saturated rings. The number of imide groups is 1. The van der Waals surface area contributed by atoms with Crippen LogP contribution in [0.25, 0.3) is 0 Å². The van der Waals surface area contributed by atoms with Crippen LogP contribution in [-0.2, 0) is 19.1 Å². The van der Waals surface area contributed by atoms with Crippen LogP contribution in [0.4, 0.5) is 0 Å². The monoisotopic (exact) mass is 552 g/mol. The summed E-state index contributed by atoms with van der Waals surface area (Å²) >= 11 is 0. The van der Waals surface area contributed by atoms with Crippen molar-refractivity contribution < 1.29 is 19.1 Å².